The molecule has 2 aromatic carbocycles. The van der Waals surface area contributed by atoms with E-state index < -0.39 is 17.5 Å². The third kappa shape index (κ3) is 4.23. The summed E-state index contributed by atoms with van der Waals surface area (Å²) in [5.74, 6) is -0.845. The molecule has 0 aromatic heterocycles. The summed E-state index contributed by atoms with van der Waals surface area (Å²) in [6, 6.07) is 13.6. The van der Waals surface area contributed by atoms with Crippen LogP contribution in [0.2, 0.25) is 10.0 Å². The van der Waals surface area contributed by atoms with E-state index in [4.69, 9.17) is 23.2 Å². The first-order valence-electron chi connectivity index (χ1n) is 9.17. The van der Waals surface area contributed by atoms with Gasteiger partial charge in [-0.2, -0.15) is 0 Å². The van der Waals surface area contributed by atoms with Crippen LogP contribution in [-0.4, -0.2) is 40.7 Å². The van der Waals surface area contributed by atoms with Crippen molar-refractivity contribution in [1.29, 1.82) is 0 Å². The van der Waals surface area contributed by atoms with E-state index in [0.29, 0.717) is 23.7 Å². The Labute approximate surface area is 179 Å². The number of carbonyl (C=O) groups is 3. The minimum Gasteiger partial charge on any atom is -0.337 e. The molecule has 8 heteroatoms. The lowest BCUT2D eigenvalue weighted by molar-refractivity contribution is -0.139. The van der Waals surface area contributed by atoms with E-state index in [0.717, 1.165) is 10.5 Å². The fraction of sp³-hybridized carbons (Fsp3) is 0.286. The van der Waals surface area contributed by atoms with Gasteiger partial charge in [0, 0.05) is 28.7 Å². The Balaban J connectivity index is 1.78. The largest absolute Gasteiger partial charge is 0.337 e. The van der Waals surface area contributed by atoms with Gasteiger partial charge < -0.3 is 10.2 Å². The van der Waals surface area contributed by atoms with Gasteiger partial charge in [0.05, 0.1) is 0 Å². The predicted molar refractivity (Wildman–Crippen MR) is 112 cm³/mol. The van der Waals surface area contributed by atoms with Crippen LogP contribution >= 0.6 is 23.2 Å². The second-order valence-corrected chi connectivity index (χ2v) is 7.81. The normalized spacial score (nSPS) is 18.7. The van der Waals surface area contributed by atoms with Crippen molar-refractivity contribution >= 4 is 41.0 Å². The standard InChI is InChI=1S/C21H21Cl2N3O3/c1-3-25(12-14-7-5-4-6-8-14)18(27)13-26-19(28)21(2,24-20(26)29)16-10-9-15(22)11-17(16)23/h4-11H,3,12-13H2,1-2H3,(H,24,29). The summed E-state index contributed by atoms with van der Waals surface area (Å²) in [7, 11) is 0. The summed E-state index contributed by atoms with van der Waals surface area (Å²) >= 11 is 12.2. The van der Waals surface area contributed by atoms with Crippen LogP contribution in [0.5, 0.6) is 0 Å². The molecule has 0 saturated carbocycles. The van der Waals surface area contributed by atoms with Gasteiger partial charge in [-0.25, -0.2) is 4.79 Å². The van der Waals surface area contributed by atoms with Crippen LogP contribution in [0.1, 0.15) is 25.0 Å². The van der Waals surface area contributed by atoms with Crippen LogP contribution in [0.3, 0.4) is 0 Å². The fourth-order valence-corrected chi connectivity index (χ4v) is 3.93. The number of carbonyl (C=O) groups excluding carboxylic acids is 3. The van der Waals surface area contributed by atoms with E-state index in [9.17, 15) is 14.4 Å². The van der Waals surface area contributed by atoms with Gasteiger partial charge >= 0.3 is 6.03 Å². The molecule has 4 amide bonds. The Morgan fingerprint density at radius 3 is 2.45 bits per heavy atom. The van der Waals surface area contributed by atoms with Crippen LogP contribution in [0.4, 0.5) is 4.79 Å². The van der Waals surface area contributed by atoms with Gasteiger partial charge in [0.1, 0.15) is 12.1 Å². The third-order valence-electron chi connectivity index (χ3n) is 4.99. The Hall–Kier alpha value is -2.57. The second kappa shape index (κ2) is 8.43. The van der Waals surface area contributed by atoms with Crippen LogP contribution in [0, 0.1) is 0 Å². The van der Waals surface area contributed by atoms with E-state index in [1.807, 2.05) is 37.3 Å². The minimum atomic E-state index is -1.37. The molecule has 1 heterocycles. The topological polar surface area (TPSA) is 69.7 Å². The minimum absolute atomic E-state index is 0.265. The Bertz CT molecular complexity index is 951. The van der Waals surface area contributed by atoms with Gasteiger partial charge in [-0.1, -0.05) is 59.6 Å². The van der Waals surface area contributed by atoms with Crippen molar-refractivity contribution in [3.63, 3.8) is 0 Å². The van der Waals surface area contributed by atoms with E-state index >= 15 is 0 Å². The maximum absolute atomic E-state index is 13.1. The highest BCUT2D eigenvalue weighted by molar-refractivity contribution is 6.35. The smallest absolute Gasteiger partial charge is 0.325 e. The van der Waals surface area contributed by atoms with Crippen molar-refractivity contribution in [1.82, 2.24) is 15.1 Å². The molecule has 29 heavy (non-hydrogen) atoms. The van der Waals surface area contributed by atoms with Crippen molar-refractivity contribution < 1.29 is 14.4 Å². The Morgan fingerprint density at radius 2 is 1.83 bits per heavy atom. The number of benzene rings is 2. The zero-order valence-corrected chi connectivity index (χ0v) is 17.6. The molecule has 0 bridgehead atoms. The number of nitrogens with zero attached hydrogens (tertiary/aromatic N) is 2. The summed E-state index contributed by atoms with van der Waals surface area (Å²) in [6.45, 7) is 3.93. The summed E-state index contributed by atoms with van der Waals surface area (Å²) in [5, 5.41) is 3.34. The molecule has 1 unspecified atom stereocenters. The molecule has 0 spiro atoms. The summed E-state index contributed by atoms with van der Waals surface area (Å²) in [4.78, 5) is 40.9. The lowest BCUT2D eigenvalue weighted by atomic mass is 9.92. The molecule has 1 aliphatic rings. The second-order valence-electron chi connectivity index (χ2n) is 6.96. The number of likely N-dealkylation sites (N-methyl/N-ethyl adjacent to an activating group) is 1. The highest BCUT2D eigenvalue weighted by atomic mass is 35.5. The molecule has 152 valence electrons. The number of hydrogen-bond donors (Lipinski definition) is 1. The molecule has 3 rings (SSSR count). The van der Waals surface area contributed by atoms with E-state index in [2.05, 4.69) is 5.32 Å². The summed E-state index contributed by atoms with van der Waals surface area (Å²) in [5.41, 5.74) is 0.0290. The van der Waals surface area contributed by atoms with E-state index in [-0.39, 0.29) is 17.5 Å². The molecule has 1 N–H and O–H groups in total. The monoisotopic (exact) mass is 433 g/mol. The lowest BCUT2D eigenvalue weighted by Crippen LogP contribution is -2.44. The van der Waals surface area contributed by atoms with Crippen molar-refractivity contribution in [2.75, 3.05) is 13.1 Å². The molecule has 1 atom stereocenters. The van der Waals surface area contributed by atoms with Crippen LogP contribution in [0.25, 0.3) is 0 Å². The van der Waals surface area contributed by atoms with E-state index in [1.54, 1.807) is 24.0 Å². The zero-order valence-electron chi connectivity index (χ0n) is 16.1. The van der Waals surface area contributed by atoms with Crippen LogP contribution in [0.15, 0.2) is 48.5 Å². The van der Waals surface area contributed by atoms with Gasteiger partial charge in [0.2, 0.25) is 5.91 Å². The van der Waals surface area contributed by atoms with Crippen molar-refractivity contribution in [2.45, 2.75) is 25.9 Å². The maximum atomic E-state index is 13.1. The lowest BCUT2D eigenvalue weighted by Gasteiger charge is -2.25. The Kier molecular flexibility index (Phi) is 6.15. The molecule has 0 radical (unpaired) electrons. The van der Waals surface area contributed by atoms with Crippen LogP contribution in [-0.2, 0) is 21.7 Å². The number of hydrogen-bond acceptors (Lipinski definition) is 3. The molecular weight excluding hydrogens is 413 g/mol. The molecule has 1 aliphatic heterocycles. The molecule has 0 aliphatic carbocycles. The van der Waals surface area contributed by atoms with Gasteiger partial charge in [0.15, 0.2) is 0 Å². The predicted octanol–water partition coefficient (Wildman–Crippen LogP) is 3.81. The number of amides is 4. The van der Waals surface area contributed by atoms with Crippen molar-refractivity contribution in [3.05, 3.63) is 69.7 Å². The molecule has 2 aromatic rings. The zero-order chi connectivity index (χ0) is 21.2. The van der Waals surface area contributed by atoms with Gasteiger partial charge in [-0.05, 0) is 31.5 Å². The van der Waals surface area contributed by atoms with Crippen molar-refractivity contribution in [2.24, 2.45) is 0 Å². The quantitative estimate of drug-likeness (QED) is 0.704. The first kappa shape index (κ1) is 21.1. The number of imide groups is 1. The van der Waals surface area contributed by atoms with Gasteiger partial charge in [-0.3, -0.25) is 14.5 Å². The van der Waals surface area contributed by atoms with Crippen LogP contribution < -0.4 is 5.32 Å². The summed E-state index contributed by atoms with van der Waals surface area (Å²) < 4.78 is 0. The first-order valence-corrected chi connectivity index (χ1v) is 9.93. The molecule has 6 nitrogen and oxygen atoms in total. The number of halogens is 2. The SMILES string of the molecule is CCN(Cc1ccccc1)C(=O)CN1C(=O)NC(C)(c2ccc(Cl)cc2Cl)C1=O. The van der Waals surface area contributed by atoms with E-state index in [1.165, 1.54) is 6.07 Å². The molecule has 1 fully saturated rings. The number of nitrogens with one attached hydrogen (secondary N) is 1. The average molecular weight is 434 g/mol. The molecular formula is C21H21Cl2N3O3. The Morgan fingerprint density at radius 1 is 1.14 bits per heavy atom. The first-order chi connectivity index (χ1) is 13.8. The van der Waals surface area contributed by atoms with Gasteiger partial charge in [0.25, 0.3) is 5.91 Å². The number of rotatable bonds is 6. The fourth-order valence-electron chi connectivity index (χ4n) is 3.33. The average Bonchev–Trinajstić information content (AvgIpc) is 2.90. The highest BCUT2D eigenvalue weighted by Gasteiger charge is 2.50. The summed E-state index contributed by atoms with van der Waals surface area (Å²) in [6.07, 6.45) is 0. The highest BCUT2D eigenvalue weighted by Crippen LogP contribution is 2.34. The van der Waals surface area contributed by atoms with Gasteiger partial charge in [-0.15, -0.1) is 0 Å². The number of urea groups is 1. The maximum Gasteiger partial charge on any atom is 0.325 e. The van der Waals surface area contributed by atoms with Crippen molar-refractivity contribution in [3.8, 4) is 0 Å². The molecule has 1 saturated heterocycles. The third-order valence-corrected chi connectivity index (χ3v) is 5.54.